The van der Waals surface area contributed by atoms with Crippen LogP contribution in [-0.4, -0.2) is 29.1 Å². The van der Waals surface area contributed by atoms with Gasteiger partial charge in [-0.2, -0.15) is 5.26 Å². The number of nitrogen functional groups attached to an aromatic ring is 1. The average Bonchev–Trinajstić information content (AvgIpc) is 2.37. The van der Waals surface area contributed by atoms with Crippen LogP contribution in [-0.2, 0) is 6.54 Å². The number of rotatable bonds is 6. The second-order valence-corrected chi connectivity index (χ2v) is 4.54. The van der Waals surface area contributed by atoms with Crippen molar-refractivity contribution in [2.45, 2.75) is 20.4 Å². The van der Waals surface area contributed by atoms with Crippen LogP contribution < -0.4 is 5.73 Å². The highest BCUT2D eigenvalue weighted by Gasteiger charge is 2.16. The molecule has 0 aliphatic heterocycles. The van der Waals surface area contributed by atoms with E-state index in [0.717, 1.165) is 6.54 Å². The molecule has 0 heterocycles. The largest absolute Gasteiger partial charge is 0.478 e. The van der Waals surface area contributed by atoms with Crippen molar-refractivity contribution in [1.29, 1.82) is 5.26 Å². The summed E-state index contributed by atoms with van der Waals surface area (Å²) in [5.41, 5.74) is 6.83. The molecule has 0 bridgehead atoms. The second kappa shape index (κ2) is 6.76. The van der Waals surface area contributed by atoms with Crippen molar-refractivity contribution < 1.29 is 9.90 Å². The Balaban J connectivity index is 2.95. The minimum Gasteiger partial charge on any atom is -0.478 e. The zero-order chi connectivity index (χ0) is 14.4. The maximum Gasteiger partial charge on any atom is 0.338 e. The van der Waals surface area contributed by atoms with E-state index in [1.165, 1.54) is 0 Å². The summed E-state index contributed by atoms with van der Waals surface area (Å²) in [6.07, 6.45) is 0. The molecular weight excluding hydrogens is 242 g/mol. The van der Waals surface area contributed by atoms with Gasteiger partial charge in [-0.25, -0.2) is 4.79 Å². The molecule has 1 atom stereocenters. The molecule has 0 fully saturated rings. The molecule has 0 spiro atoms. The van der Waals surface area contributed by atoms with Crippen LogP contribution in [0.1, 0.15) is 29.8 Å². The Bertz CT molecular complexity index is 494. The minimum absolute atomic E-state index is 0.0886. The molecule has 1 aromatic rings. The molecule has 0 aromatic heterocycles. The van der Waals surface area contributed by atoms with Gasteiger partial charge < -0.3 is 10.8 Å². The number of nitriles is 1. The molecule has 1 unspecified atom stereocenters. The lowest BCUT2D eigenvalue weighted by Gasteiger charge is -2.22. The quantitative estimate of drug-likeness (QED) is 0.764. The van der Waals surface area contributed by atoms with Gasteiger partial charge in [0.15, 0.2) is 0 Å². The van der Waals surface area contributed by atoms with Gasteiger partial charge in [-0.05, 0) is 25.1 Å². The highest BCUT2D eigenvalue weighted by Crippen LogP contribution is 2.19. The summed E-state index contributed by atoms with van der Waals surface area (Å²) in [5.74, 6) is -1.10. The Morgan fingerprint density at radius 3 is 2.79 bits per heavy atom. The van der Waals surface area contributed by atoms with Crippen molar-refractivity contribution in [2.24, 2.45) is 5.92 Å². The maximum atomic E-state index is 11.2. The first-order chi connectivity index (χ1) is 8.99. The van der Waals surface area contributed by atoms with Crippen molar-refractivity contribution in [2.75, 3.05) is 18.8 Å². The number of hydrogen-bond acceptors (Lipinski definition) is 4. The van der Waals surface area contributed by atoms with Gasteiger partial charge >= 0.3 is 5.97 Å². The summed E-state index contributed by atoms with van der Waals surface area (Å²) in [7, 11) is 0. The van der Waals surface area contributed by atoms with E-state index in [9.17, 15) is 9.90 Å². The number of aromatic carboxylic acids is 1. The molecule has 0 saturated carbocycles. The van der Waals surface area contributed by atoms with Gasteiger partial charge in [0.2, 0.25) is 0 Å². The molecule has 19 heavy (non-hydrogen) atoms. The standard InChI is InChI=1S/C14H19N3O2/c1-3-17(8-10(2)7-15)9-11-5-4-6-12(16)13(11)14(18)19/h4-6,10H,3,8-9,16H2,1-2H3,(H,18,19). The third-order valence-corrected chi connectivity index (χ3v) is 2.99. The van der Waals surface area contributed by atoms with E-state index >= 15 is 0 Å². The SMILES string of the molecule is CCN(Cc1cccc(N)c1C(=O)O)CC(C)C#N. The van der Waals surface area contributed by atoms with Crippen molar-refractivity contribution in [1.82, 2.24) is 4.90 Å². The minimum atomic E-state index is -1.02. The zero-order valence-electron chi connectivity index (χ0n) is 11.3. The lowest BCUT2D eigenvalue weighted by Crippen LogP contribution is -2.28. The molecule has 0 aliphatic carbocycles. The summed E-state index contributed by atoms with van der Waals surface area (Å²) in [6.45, 7) is 5.67. The molecule has 1 rings (SSSR count). The first-order valence-corrected chi connectivity index (χ1v) is 6.22. The van der Waals surface area contributed by atoms with Crippen LogP contribution in [0.4, 0.5) is 5.69 Å². The third kappa shape index (κ3) is 3.97. The molecule has 3 N–H and O–H groups in total. The second-order valence-electron chi connectivity index (χ2n) is 4.54. The number of carbonyl (C=O) groups is 1. The molecule has 5 nitrogen and oxygen atoms in total. The molecule has 1 aromatic carbocycles. The lowest BCUT2D eigenvalue weighted by molar-refractivity contribution is 0.0695. The third-order valence-electron chi connectivity index (χ3n) is 2.99. The van der Waals surface area contributed by atoms with Crippen LogP contribution in [0.5, 0.6) is 0 Å². The monoisotopic (exact) mass is 261 g/mol. The highest BCUT2D eigenvalue weighted by atomic mass is 16.4. The van der Waals surface area contributed by atoms with Gasteiger partial charge in [0.1, 0.15) is 0 Å². The maximum absolute atomic E-state index is 11.2. The van der Waals surface area contributed by atoms with E-state index in [2.05, 4.69) is 6.07 Å². The van der Waals surface area contributed by atoms with E-state index < -0.39 is 5.97 Å². The van der Waals surface area contributed by atoms with Crippen LogP contribution in [0.15, 0.2) is 18.2 Å². The van der Waals surface area contributed by atoms with E-state index in [1.807, 2.05) is 18.7 Å². The van der Waals surface area contributed by atoms with Gasteiger partial charge in [-0.1, -0.05) is 19.1 Å². The van der Waals surface area contributed by atoms with E-state index in [0.29, 0.717) is 18.7 Å². The van der Waals surface area contributed by atoms with Crippen molar-refractivity contribution in [3.05, 3.63) is 29.3 Å². The molecule has 0 radical (unpaired) electrons. The first kappa shape index (κ1) is 15.0. The number of anilines is 1. The van der Waals surface area contributed by atoms with Gasteiger partial charge in [-0.15, -0.1) is 0 Å². The summed E-state index contributed by atoms with van der Waals surface area (Å²) < 4.78 is 0. The van der Waals surface area contributed by atoms with Crippen molar-refractivity contribution in [3.63, 3.8) is 0 Å². The van der Waals surface area contributed by atoms with Crippen molar-refractivity contribution >= 4 is 11.7 Å². The number of carboxylic acid groups (broad SMARTS) is 1. The zero-order valence-corrected chi connectivity index (χ0v) is 11.3. The number of carboxylic acids is 1. The topological polar surface area (TPSA) is 90.3 Å². The van der Waals surface area contributed by atoms with E-state index in [4.69, 9.17) is 11.0 Å². The lowest BCUT2D eigenvalue weighted by atomic mass is 10.0. The first-order valence-electron chi connectivity index (χ1n) is 6.22. The fraction of sp³-hybridized carbons (Fsp3) is 0.429. The molecular formula is C14H19N3O2. The fourth-order valence-corrected chi connectivity index (χ4v) is 1.99. The average molecular weight is 261 g/mol. The van der Waals surface area contributed by atoms with Crippen LogP contribution >= 0.6 is 0 Å². The number of benzene rings is 1. The summed E-state index contributed by atoms with van der Waals surface area (Å²) in [4.78, 5) is 13.3. The molecule has 0 saturated heterocycles. The van der Waals surface area contributed by atoms with E-state index in [-0.39, 0.29) is 17.2 Å². The Hall–Kier alpha value is -2.06. The fourth-order valence-electron chi connectivity index (χ4n) is 1.99. The Kier molecular flexibility index (Phi) is 5.34. The Morgan fingerprint density at radius 1 is 1.58 bits per heavy atom. The van der Waals surface area contributed by atoms with Gasteiger partial charge in [0.25, 0.3) is 0 Å². The van der Waals surface area contributed by atoms with Gasteiger partial charge in [0.05, 0.1) is 17.6 Å². The summed E-state index contributed by atoms with van der Waals surface area (Å²) >= 11 is 0. The summed E-state index contributed by atoms with van der Waals surface area (Å²) in [6, 6.07) is 7.28. The molecule has 5 heteroatoms. The number of nitrogens with zero attached hydrogens (tertiary/aromatic N) is 2. The van der Waals surface area contributed by atoms with Crippen LogP contribution in [0, 0.1) is 17.2 Å². The van der Waals surface area contributed by atoms with Crippen molar-refractivity contribution in [3.8, 4) is 6.07 Å². The molecule has 0 aliphatic rings. The van der Waals surface area contributed by atoms with E-state index in [1.54, 1.807) is 18.2 Å². The Morgan fingerprint density at radius 2 is 2.26 bits per heavy atom. The summed E-state index contributed by atoms with van der Waals surface area (Å²) in [5, 5.41) is 18.1. The number of nitrogens with two attached hydrogens (primary N) is 1. The Labute approximate surface area is 113 Å². The molecule has 0 amide bonds. The predicted molar refractivity (Wildman–Crippen MR) is 73.5 cm³/mol. The predicted octanol–water partition coefficient (Wildman–Crippen LogP) is 1.95. The number of hydrogen-bond donors (Lipinski definition) is 2. The van der Waals surface area contributed by atoms with Gasteiger partial charge in [0, 0.05) is 18.8 Å². The normalized spacial score (nSPS) is 12.1. The van der Waals surface area contributed by atoms with Crippen LogP contribution in [0.3, 0.4) is 0 Å². The van der Waals surface area contributed by atoms with Gasteiger partial charge in [-0.3, -0.25) is 4.90 Å². The molecule has 102 valence electrons. The highest BCUT2D eigenvalue weighted by molar-refractivity contribution is 5.95. The van der Waals surface area contributed by atoms with Crippen LogP contribution in [0.25, 0.3) is 0 Å². The smallest absolute Gasteiger partial charge is 0.338 e. The van der Waals surface area contributed by atoms with Crippen LogP contribution in [0.2, 0.25) is 0 Å².